The smallest absolute Gasteiger partial charge is 0.417 e. The number of aryl methyl sites for hydroxylation is 1. The number of benzene rings is 1. The highest BCUT2D eigenvalue weighted by Gasteiger charge is 2.32. The van der Waals surface area contributed by atoms with Crippen molar-refractivity contribution in [3.05, 3.63) is 36.0 Å². The summed E-state index contributed by atoms with van der Waals surface area (Å²) in [4.78, 5) is 36.6. The zero-order chi connectivity index (χ0) is 20.4. The topological polar surface area (TPSA) is 115 Å². The van der Waals surface area contributed by atoms with E-state index in [0.717, 1.165) is 16.5 Å². The lowest BCUT2D eigenvalue weighted by molar-refractivity contribution is -0.144. The molecule has 0 aliphatic rings. The molecular formula is C19H25N3O5. The molecule has 1 heterocycles. The lowest BCUT2D eigenvalue weighted by Gasteiger charge is -2.26. The number of aliphatic carboxylic acids is 1. The van der Waals surface area contributed by atoms with Gasteiger partial charge in [-0.15, -0.1) is 0 Å². The third-order valence-corrected chi connectivity index (χ3v) is 3.91. The first-order valence-electron chi connectivity index (χ1n) is 8.54. The number of nitrogens with two attached hydrogens (primary N) is 1. The van der Waals surface area contributed by atoms with Gasteiger partial charge in [-0.2, -0.15) is 0 Å². The molecule has 0 spiro atoms. The largest absolute Gasteiger partial charge is 0.480 e. The molecule has 1 atom stereocenters. The Morgan fingerprint density at radius 2 is 1.89 bits per heavy atom. The average Bonchev–Trinajstić information content (AvgIpc) is 2.86. The number of carbonyl (C=O) groups excluding carboxylic acids is 2. The quantitative estimate of drug-likeness (QED) is 0.825. The van der Waals surface area contributed by atoms with Gasteiger partial charge in [-0.1, -0.05) is 18.2 Å². The number of carboxylic acids is 1. The lowest BCUT2D eigenvalue weighted by atomic mass is 10.0. The van der Waals surface area contributed by atoms with Crippen LogP contribution in [0.25, 0.3) is 10.9 Å². The number of rotatable bonds is 5. The molecule has 2 amide bonds. The molecule has 0 saturated carbocycles. The zero-order valence-electron chi connectivity index (χ0n) is 15.9. The standard InChI is InChI=1S/C19H25N3O5/c1-19(2,3)27-18(26)22(11-16(23)24)17(25)14(20)9-12-10-21(4)15-8-6-5-7-13(12)15/h5-8,10,14H,9,11,20H2,1-4H3,(H,23,24)/t14-/m1/s1. The second kappa shape index (κ2) is 7.79. The van der Waals surface area contributed by atoms with Crippen LogP contribution >= 0.6 is 0 Å². The van der Waals surface area contributed by atoms with Crippen molar-refractivity contribution >= 4 is 28.9 Å². The van der Waals surface area contributed by atoms with Crippen LogP contribution < -0.4 is 5.73 Å². The minimum Gasteiger partial charge on any atom is -0.480 e. The van der Waals surface area contributed by atoms with Gasteiger partial charge >= 0.3 is 12.1 Å². The van der Waals surface area contributed by atoms with Crippen molar-refractivity contribution in [3.63, 3.8) is 0 Å². The number of aromatic nitrogens is 1. The summed E-state index contributed by atoms with van der Waals surface area (Å²) in [6.45, 7) is 4.08. The number of nitrogens with zero attached hydrogens (tertiary/aromatic N) is 2. The van der Waals surface area contributed by atoms with Gasteiger partial charge in [-0.3, -0.25) is 9.59 Å². The third kappa shape index (κ3) is 5.07. The first kappa shape index (κ1) is 20.4. The molecule has 0 unspecified atom stereocenters. The van der Waals surface area contributed by atoms with Crippen LogP contribution in [-0.2, 0) is 27.8 Å². The summed E-state index contributed by atoms with van der Waals surface area (Å²) >= 11 is 0. The third-order valence-electron chi connectivity index (χ3n) is 3.91. The highest BCUT2D eigenvalue weighted by atomic mass is 16.6. The van der Waals surface area contributed by atoms with Gasteiger partial charge < -0.3 is 20.1 Å². The van der Waals surface area contributed by atoms with E-state index in [1.807, 2.05) is 42.1 Å². The molecule has 0 bridgehead atoms. The molecule has 27 heavy (non-hydrogen) atoms. The number of amides is 2. The molecule has 8 heteroatoms. The number of para-hydroxylation sites is 1. The van der Waals surface area contributed by atoms with Crippen LogP contribution in [0.4, 0.5) is 4.79 Å². The normalized spacial score (nSPS) is 12.6. The molecule has 1 aromatic heterocycles. The Bertz CT molecular complexity index is 866. The minimum atomic E-state index is -1.33. The van der Waals surface area contributed by atoms with Gasteiger partial charge in [0.1, 0.15) is 12.1 Å². The minimum absolute atomic E-state index is 0.166. The van der Waals surface area contributed by atoms with Crippen molar-refractivity contribution in [2.24, 2.45) is 12.8 Å². The maximum atomic E-state index is 12.7. The Hall–Kier alpha value is -2.87. The molecule has 146 valence electrons. The summed E-state index contributed by atoms with van der Waals surface area (Å²) in [5, 5.41) is 10.00. The molecule has 2 aromatic rings. The molecule has 8 nitrogen and oxygen atoms in total. The van der Waals surface area contributed by atoms with E-state index >= 15 is 0 Å². The monoisotopic (exact) mass is 375 g/mol. The van der Waals surface area contributed by atoms with Crippen LogP contribution in [0.15, 0.2) is 30.5 Å². The van der Waals surface area contributed by atoms with Gasteiger partial charge in [-0.05, 0) is 38.8 Å². The predicted octanol–water partition coefficient (Wildman–Crippen LogP) is 1.90. The van der Waals surface area contributed by atoms with Crippen molar-refractivity contribution in [1.29, 1.82) is 0 Å². The van der Waals surface area contributed by atoms with Crippen molar-refractivity contribution in [2.75, 3.05) is 6.54 Å². The zero-order valence-corrected chi connectivity index (χ0v) is 15.9. The molecule has 3 N–H and O–H groups in total. The number of carboxylic acid groups (broad SMARTS) is 1. The van der Waals surface area contributed by atoms with E-state index in [2.05, 4.69) is 0 Å². The second-order valence-corrected chi connectivity index (χ2v) is 7.39. The van der Waals surface area contributed by atoms with Crippen LogP contribution in [0.1, 0.15) is 26.3 Å². The maximum absolute atomic E-state index is 12.7. The van der Waals surface area contributed by atoms with Gasteiger partial charge in [0, 0.05) is 24.1 Å². The van der Waals surface area contributed by atoms with Crippen molar-refractivity contribution in [3.8, 4) is 0 Å². The van der Waals surface area contributed by atoms with Crippen LogP contribution in [0.2, 0.25) is 0 Å². The van der Waals surface area contributed by atoms with Crippen molar-refractivity contribution in [2.45, 2.75) is 38.8 Å². The number of hydrogen-bond acceptors (Lipinski definition) is 5. The highest BCUT2D eigenvalue weighted by Crippen LogP contribution is 2.22. The molecule has 0 aliphatic heterocycles. The van der Waals surface area contributed by atoms with Gasteiger partial charge in [0.2, 0.25) is 5.91 Å². The first-order chi connectivity index (χ1) is 12.5. The van der Waals surface area contributed by atoms with E-state index in [-0.39, 0.29) is 6.42 Å². The van der Waals surface area contributed by atoms with E-state index in [1.165, 1.54) is 0 Å². The molecule has 0 aliphatic carbocycles. The fourth-order valence-corrected chi connectivity index (χ4v) is 2.80. The number of ether oxygens (including phenoxy) is 1. The SMILES string of the molecule is Cn1cc(C[C@@H](N)C(=O)N(CC(=O)O)C(=O)OC(C)(C)C)c2ccccc21. The van der Waals surface area contributed by atoms with Gasteiger partial charge in [0.25, 0.3) is 0 Å². The van der Waals surface area contributed by atoms with Gasteiger partial charge in [-0.25, -0.2) is 9.69 Å². The molecular weight excluding hydrogens is 350 g/mol. The fourth-order valence-electron chi connectivity index (χ4n) is 2.80. The maximum Gasteiger partial charge on any atom is 0.417 e. The van der Waals surface area contributed by atoms with Crippen molar-refractivity contribution in [1.82, 2.24) is 9.47 Å². The van der Waals surface area contributed by atoms with Gasteiger partial charge in [0.15, 0.2) is 0 Å². The molecule has 0 fully saturated rings. The number of carbonyl (C=O) groups is 3. The Morgan fingerprint density at radius 1 is 1.26 bits per heavy atom. The Morgan fingerprint density at radius 3 is 2.48 bits per heavy atom. The Kier molecular flexibility index (Phi) is 5.90. The summed E-state index contributed by atoms with van der Waals surface area (Å²) in [5.74, 6) is -2.12. The fraction of sp³-hybridized carbons (Fsp3) is 0.421. The molecule has 2 rings (SSSR count). The number of imide groups is 1. The number of hydrogen-bond donors (Lipinski definition) is 2. The molecule has 1 aromatic carbocycles. The second-order valence-electron chi connectivity index (χ2n) is 7.39. The first-order valence-corrected chi connectivity index (χ1v) is 8.54. The Labute approximate surface area is 157 Å². The van der Waals surface area contributed by atoms with E-state index in [0.29, 0.717) is 4.90 Å². The van der Waals surface area contributed by atoms with Crippen LogP contribution in [-0.4, -0.2) is 50.7 Å². The summed E-state index contributed by atoms with van der Waals surface area (Å²) < 4.78 is 7.06. The Balaban J connectivity index is 2.23. The van der Waals surface area contributed by atoms with Crippen LogP contribution in [0.3, 0.4) is 0 Å². The average molecular weight is 375 g/mol. The van der Waals surface area contributed by atoms with Crippen LogP contribution in [0, 0.1) is 0 Å². The lowest BCUT2D eigenvalue weighted by Crippen LogP contribution is -2.51. The van der Waals surface area contributed by atoms with E-state index in [4.69, 9.17) is 15.6 Å². The van der Waals surface area contributed by atoms with Gasteiger partial charge in [0.05, 0.1) is 6.04 Å². The summed E-state index contributed by atoms with van der Waals surface area (Å²) in [7, 11) is 1.89. The highest BCUT2D eigenvalue weighted by molar-refractivity contribution is 5.98. The number of fused-ring (bicyclic) bond motifs is 1. The predicted molar refractivity (Wildman–Crippen MR) is 100 cm³/mol. The summed E-state index contributed by atoms with van der Waals surface area (Å²) in [6, 6.07) is 6.59. The van der Waals surface area contributed by atoms with E-state index in [1.54, 1.807) is 20.8 Å². The molecule has 0 radical (unpaired) electrons. The van der Waals surface area contributed by atoms with Crippen molar-refractivity contribution < 1.29 is 24.2 Å². The summed E-state index contributed by atoms with van der Waals surface area (Å²) in [6.07, 6.45) is 1.01. The molecule has 0 saturated heterocycles. The van der Waals surface area contributed by atoms with Crippen LogP contribution in [0.5, 0.6) is 0 Å². The summed E-state index contributed by atoms with van der Waals surface area (Å²) in [5.41, 5.74) is 6.99. The van der Waals surface area contributed by atoms with E-state index < -0.39 is 36.2 Å². The van der Waals surface area contributed by atoms with E-state index in [9.17, 15) is 14.4 Å².